The van der Waals surface area contributed by atoms with Gasteiger partial charge in [0.05, 0.1) is 18.9 Å². The molecule has 0 saturated carbocycles. The second kappa shape index (κ2) is 5.65. The van der Waals surface area contributed by atoms with Gasteiger partial charge in [0.1, 0.15) is 5.75 Å². The third-order valence-electron chi connectivity index (χ3n) is 2.94. The van der Waals surface area contributed by atoms with Crippen LogP contribution >= 0.6 is 0 Å². The Kier molecular flexibility index (Phi) is 3.95. The molecule has 1 N–H and O–H groups in total. The summed E-state index contributed by atoms with van der Waals surface area (Å²) in [6, 6.07) is 11.6. The first-order valence-corrected chi connectivity index (χ1v) is 6.03. The molecule has 1 aromatic carbocycles. The van der Waals surface area contributed by atoms with E-state index in [2.05, 4.69) is 4.98 Å². The Morgan fingerprint density at radius 1 is 1.17 bits per heavy atom. The predicted octanol–water partition coefficient (Wildman–Crippen LogP) is 3.20. The maximum absolute atomic E-state index is 9.70. The van der Waals surface area contributed by atoms with Crippen LogP contribution < -0.4 is 4.74 Å². The molecule has 94 valence electrons. The van der Waals surface area contributed by atoms with Crippen LogP contribution in [-0.4, -0.2) is 17.2 Å². The average molecular weight is 243 g/mol. The smallest absolute Gasteiger partial charge is 0.118 e. The normalized spacial score (nSPS) is 12.2. The first-order valence-electron chi connectivity index (χ1n) is 6.03. The van der Waals surface area contributed by atoms with Gasteiger partial charge in [-0.15, -0.1) is 0 Å². The number of benzene rings is 1. The Morgan fingerprint density at radius 3 is 2.39 bits per heavy atom. The lowest BCUT2D eigenvalue weighted by Crippen LogP contribution is -1.96. The van der Waals surface area contributed by atoms with Gasteiger partial charge in [0.25, 0.3) is 0 Å². The van der Waals surface area contributed by atoms with Crippen LogP contribution in [0.3, 0.4) is 0 Å². The van der Waals surface area contributed by atoms with Gasteiger partial charge >= 0.3 is 0 Å². The lowest BCUT2D eigenvalue weighted by atomic mass is 10.1. The Morgan fingerprint density at radius 2 is 1.89 bits per heavy atom. The number of rotatable bonds is 4. The standard InChI is InChI=1S/C15H17NO2/c1-3-15(17)12-6-9-14(16-10-12)11-4-7-13(18-2)8-5-11/h4-10,15,17H,3H2,1-2H3/t15-/m1/s1. The lowest BCUT2D eigenvalue weighted by Gasteiger charge is -2.08. The fraction of sp³-hybridized carbons (Fsp3) is 0.267. The highest BCUT2D eigenvalue weighted by Gasteiger charge is 2.06. The van der Waals surface area contributed by atoms with Crippen LogP contribution in [0.25, 0.3) is 11.3 Å². The summed E-state index contributed by atoms with van der Waals surface area (Å²) in [7, 11) is 1.65. The minimum atomic E-state index is -0.428. The Balaban J connectivity index is 2.22. The highest BCUT2D eigenvalue weighted by Crippen LogP contribution is 2.22. The molecule has 0 fully saturated rings. The van der Waals surface area contributed by atoms with Crippen molar-refractivity contribution in [1.82, 2.24) is 4.98 Å². The molecule has 0 radical (unpaired) electrons. The van der Waals surface area contributed by atoms with Crippen LogP contribution in [-0.2, 0) is 0 Å². The number of aromatic nitrogens is 1. The summed E-state index contributed by atoms with van der Waals surface area (Å²) >= 11 is 0. The van der Waals surface area contributed by atoms with E-state index >= 15 is 0 Å². The molecule has 0 saturated heterocycles. The third-order valence-corrected chi connectivity index (χ3v) is 2.94. The van der Waals surface area contributed by atoms with E-state index in [0.717, 1.165) is 22.6 Å². The Hall–Kier alpha value is -1.87. The van der Waals surface area contributed by atoms with Gasteiger partial charge in [-0.3, -0.25) is 4.98 Å². The van der Waals surface area contributed by atoms with Crippen molar-refractivity contribution in [3.05, 3.63) is 48.2 Å². The average Bonchev–Trinajstić information content (AvgIpc) is 2.47. The first kappa shape index (κ1) is 12.6. The molecule has 3 nitrogen and oxygen atoms in total. The zero-order chi connectivity index (χ0) is 13.0. The molecule has 0 aliphatic rings. The second-order valence-electron chi connectivity index (χ2n) is 4.13. The third kappa shape index (κ3) is 2.68. The van der Waals surface area contributed by atoms with E-state index in [1.165, 1.54) is 0 Å². The molecular formula is C15H17NO2. The van der Waals surface area contributed by atoms with Gasteiger partial charge in [0.15, 0.2) is 0 Å². The first-order chi connectivity index (χ1) is 8.74. The predicted molar refractivity (Wildman–Crippen MR) is 71.5 cm³/mol. The minimum absolute atomic E-state index is 0.428. The van der Waals surface area contributed by atoms with Crippen molar-refractivity contribution in [3.63, 3.8) is 0 Å². The molecule has 1 aromatic heterocycles. The van der Waals surface area contributed by atoms with Crippen LogP contribution in [0, 0.1) is 0 Å². The fourth-order valence-electron chi connectivity index (χ4n) is 1.77. The highest BCUT2D eigenvalue weighted by atomic mass is 16.5. The second-order valence-corrected chi connectivity index (χ2v) is 4.13. The molecule has 0 unspecified atom stereocenters. The van der Waals surface area contributed by atoms with Crippen LogP contribution in [0.5, 0.6) is 5.75 Å². The van der Waals surface area contributed by atoms with E-state index in [1.807, 2.05) is 43.3 Å². The summed E-state index contributed by atoms with van der Waals surface area (Å²) in [5, 5.41) is 9.70. The molecule has 0 aliphatic carbocycles. The maximum Gasteiger partial charge on any atom is 0.118 e. The van der Waals surface area contributed by atoms with E-state index in [9.17, 15) is 5.11 Å². The molecular weight excluding hydrogens is 226 g/mol. The topological polar surface area (TPSA) is 42.4 Å². The molecule has 2 aromatic rings. The summed E-state index contributed by atoms with van der Waals surface area (Å²) in [6.07, 6.45) is 2.00. The van der Waals surface area contributed by atoms with Crippen molar-refractivity contribution in [3.8, 4) is 17.0 Å². The molecule has 3 heteroatoms. The van der Waals surface area contributed by atoms with Gasteiger partial charge < -0.3 is 9.84 Å². The molecule has 0 bridgehead atoms. The van der Waals surface area contributed by atoms with Crippen LogP contribution in [0.2, 0.25) is 0 Å². The molecule has 0 spiro atoms. The zero-order valence-corrected chi connectivity index (χ0v) is 10.6. The fourth-order valence-corrected chi connectivity index (χ4v) is 1.77. The lowest BCUT2D eigenvalue weighted by molar-refractivity contribution is 0.173. The van der Waals surface area contributed by atoms with Gasteiger partial charge in [-0.05, 0) is 42.3 Å². The van der Waals surface area contributed by atoms with E-state index in [1.54, 1.807) is 13.3 Å². The Bertz CT molecular complexity index is 491. The van der Waals surface area contributed by atoms with Crippen LogP contribution in [0.1, 0.15) is 25.0 Å². The van der Waals surface area contributed by atoms with Gasteiger partial charge in [-0.1, -0.05) is 13.0 Å². The van der Waals surface area contributed by atoms with Crippen LogP contribution in [0.4, 0.5) is 0 Å². The summed E-state index contributed by atoms with van der Waals surface area (Å²) in [6.45, 7) is 1.95. The van der Waals surface area contributed by atoms with Gasteiger partial charge in [-0.25, -0.2) is 0 Å². The minimum Gasteiger partial charge on any atom is -0.497 e. The molecule has 0 aliphatic heterocycles. The van der Waals surface area contributed by atoms with E-state index < -0.39 is 6.10 Å². The van der Waals surface area contributed by atoms with Crippen molar-refractivity contribution < 1.29 is 9.84 Å². The van der Waals surface area contributed by atoms with Crippen molar-refractivity contribution >= 4 is 0 Å². The van der Waals surface area contributed by atoms with Crippen molar-refractivity contribution in [2.45, 2.75) is 19.4 Å². The number of nitrogens with zero attached hydrogens (tertiary/aromatic N) is 1. The quantitative estimate of drug-likeness (QED) is 0.896. The Labute approximate surface area is 107 Å². The molecule has 2 rings (SSSR count). The maximum atomic E-state index is 9.70. The van der Waals surface area contributed by atoms with Crippen molar-refractivity contribution in [1.29, 1.82) is 0 Å². The summed E-state index contributed by atoms with van der Waals surface area (Å²) < 4.78 is 5.12. The molecule has 18 heavy (non-hydrogen) atoms. The molecule has 1 heterocycles. The van der Waals surface area contributed by atoms with Gasteiger partial charge in [-0.2, -0.15) is 0 Å². The number of pyridine rings is 1. The van der Waals surface area contributed by atoms with E-state index in [4.69, 9.17) is 4.74 Å². The summed E-state index contributed by atoms with van der Waals surface area (Å²) in [5.74, 6) is 0.830. The number of hydrogen-bond donors (Lipinski definition) is 1. The number of methoxy groups -OCH3 is 1. The van der Waals surface area contributed by atoms with Gasteiger partial charge in [0, 0.05) is 11.8 Å². The van der Waals surface area contributed by atoms with E-state index in [0.29, 0.717) is 6.42 Å². The monoisotopic (exact) mass is 243 g/mol. The van der Waals surface area contributed by atoms with E-state index in [-0.39, 0.29) is 0 Å². The summed E-state index contributed by atoms with van der Waals surface area (Å²) in [5.41, 5.74) is 2.79. The summed E-state index contributed by atoms with van der Waals surface area (Å²) in [4.78, 5) is 4.37. The molecule has 0 amide bonds. The molecule has 1 atom stereocenters. The zero-order valence-electron chi connectivity index (χ0n) is 10.6. The largest absolute Gasteiger partial charge is 0.497 e. The number of hydrogen-bond acceptors (Lipinski definition) is 3. The van der Waals surface area contributed by atoms with Gasteiger partial charge in [0.2, 0.25) is 0 Å². The number of aliphatic hydroxyl groups excluding tert-OH is 1. The number of aliphatic hydroxyl groups is 1. The highest BCUT2D eigenvalue weighted by molar-refractivity contribution is 5.60. The van der Waals surface area contributed by atoms with Crippen LogP contribution in [0.15, 0.2) is 42.6 Å². The van der Waals surface area contributed by atoms with Crippen molar-refractivity contribution in [2.24, 2.45) is 0 Å². The van der Waals surface area contributed by atoms with Crippen molar-refractivity contribution in [2.75, 3.05) is 7.11 Å². The number of ether oxygens (including phenoxy) is 1. The SMILES string of the molecule is CC[C@@H](O)c1ccc(-c2ccc(OC)cc2)nc1.